The van der Waals surface area contributed by atoms with E-state index in [0.29, 0.717) is 0 Å². The van der Waals surface area contributed by atoms with Crippen molar-refractivity contribution in [1.82, 2.24) is 0 Å². The number of hydrogen-bond donors (Lipinski definition) is 3. The lowest BCUT2D eigenvalue weighted by Gasteiger charge is -2.18. The highest BCUT2D eigenvalue weighted by Gasteiger charge is 2.26. The number of allylic oxidation sites excluding steroid dienone is 3. The molecule has 2 atom stereocenters. The maximum Gasteiger partial charge on any atom is 0.342 e. The Morgan fingerprint density at radius 2 is 1.92 bits per heavy atom. The zero-order valence-corrected chi connectivity index (χ0v) is 14.4. The molecule has 0 saturated heterocycles. The van der Waals surface area contributed by atoms with Crippen LogP contribution in [0.3, 0.4) is 0 Å². The summed E-state index contributed by atoms with van der Waals surface area (Å²) in [6.07, 6.45) is 4.89. The highest BCUT2D eigenvalue weighted by atomic mass is 35.5. The first-order valence-electron chi connectivity index (χ1n) is 7.77. The number of carbonyl (C=O) groups is 2. The molecule has 0 aromatic heterocycles. The van der Waals surface area contributed by atoms with E-state index in [4.69, 9.17) is 16.3 Å². The zero-order valence-electron chi connectivity index (χ0n) is 13.6. The van der Waals surface area contributed by atoms with E-state index in [1.165, 1.54) is 6.08 Å². The predicted octanol–water partition coefficient (Wildman–Crippen LogP) is 2.68. The zero-order chi connectivity index (χ0) is 18.6. The van der Waals surface area contributed by atoms with Crippen molar-refractivity contribution < 1.29 is 29.6 Å². The number of aliphatic hydroxyl groups excluding tert-OH is 1. The Hall–Kier alpha value is -2.31. The number of esters is 1. The lowest BCUT2D eigenvalue weighted by molar-refractivity contribution is -0.117. The van der Waals surface area contributed by atoms with Crippen LogP contribution in [0.4, 0.5) is 0 Å². The van der Waals surface area contributed by atoms with Gasteiger partial charge in [0.25, 0.3) is 0 Å². The predicted molar refractivity (Wildman–Crippen MR) is 91.9 cm³/mol. The highest BCUT2D eigenvalue weighted by Crippen LogP contribution is 2.37. The molecule has 1 aromatic carbocycles. The van der Waals surface area contributed by atoms with Crippen LogP contribution in [-0.2, 0) is 16.0 Å². The smallest absolute Gasteiger partial charge is 0.342 e. The molecule has 1 aromatic rings. The largest absolute Gasteiger partial charge is 0.507 e. The number of halogens is 1. The molecule has 1 heterocycles. The van der Waals surface area contributed by atoms with Crippen LogP contribution < -0.4 is 0 Å². The molecule has 25 heavy (non-hydrogen) atoms. The Bertz CT molecular complexity index is 738. The number of ketones is 1. The van der Waals surface area contributed by atoms with E-state index >= 15 is 0 Å². The average molecular weight is 367 g/mol. The number of aromatic hydroxyl groups is 2. The number of carbonyl (C=O) groups excluding carboxylic acids is 2. The van der Waals surface area contributed by atoms with Crippen LogP contribution >= 0.6 is 11.6 Å². The molecule has 0 fully saturated rings. The summed E-state index contributed by atoms with van der Waals surface area (Å²) < 4.78 is 5.24. The molecule has 6 nitrogen and oxygen atoms in total. The van der Waals surface area contributed by atoms with Gasteiger partial charge in [0, 0.05) is 30.9 Å². The maximum atomic E-state index is 12.4. The summed E-state index contributed by atoms with van der Waals surface area (Å²) in [4.78, 5) is 24.6. The van der Waals surface area contributed by atoms with E-state index in [1.807, 2.05) is 0 Å². The van der Waals surface area contributed by atoms with Gasteiger partial charge < -0.3 is 20.1 Å². The molecule has 2 unspecified atom stereocenters. The van der Waals surface area contributed by atoms with E-state index in [9.17, 15) is 24.9 Å². The van der Waals surface area contributed by atoms with E-state index < -0.39 is 29.7 Å². The minimum Gasteiger partial charge on any atom is -0.507 e. The molecule has 0 saturated carbocycles. The topological polar surface area (TPSA) is 104 Å². The summed E-state index contributed by atoms with van der Waals surface area (Å²) in [5.41, 5.74) is -0.239. The van der Waals surface area contributed by atoms with Crippen molar-refractivity contribution in [3.63, 3.8) is 0 Å². The van der Waals surface area contributed by atoms with Crippen molar-refractivity contribution in [3.05, 3.63) is 46.5 Å². The summed E-state index contributed by atoms with van der Waals surface area (Å²) >= 11 is 6.03. The van der Waals surface area contributed by atoms with Gasteiger partial charge in [-0.2, -0.15) is 0 Å². The number of rotatable bonds is 0. The third kappa shape index (κ3) is 4.84. The number of Topliss-reactive ketones (excluding diaryl/α,β-unsaturated/α-hetero) is 1. The summed E-state index contributed by atoms with van der Waals surface area (Å²) in [6, 6.07) is 0.929. The summed E-state index contributed by atoms with van der Waals surface area (Å²) in [7, 11) is 0. The summed E-state index contributed by atoms with van der Waals surface area (Å²) in [6.45, 7) is 1.60. The highest BCUT2D eigenvalue weighted by molar-refractivity contribution is 6.33. The lowest BCUT2D eigenvalue weighted by Crippen LogP contribution is -2.21. The van der Waals surface area contributed by atoms with Crippen molar-refractivity contribution >= 4 is 23.4 Å². The maximum absolute atomic E-state index is 12.4. The van der Waals surface area contributed by atoms with Gasteiger partial charge in [-0.05, 0) is 6.92 Å². The van der Waals surface area contributed by atoms with Gasteiger partial charge in [-0.25, -0.2) is 4.79 Å². The summed E-state index contributed by atoms with van der Waals surface area (Å²) in [5, 5.41) is 29.5. The quantitative estimate of drug-likeness (QED) is 0.610. The van der Waals surface area contributed by atoms with Crippen molar-refractivity contribution in [2.24, 2.45) is 0 Å². The van der Waals surface area contributed by atoms with Gasteiger partial charge in [0.1, 0.15) is 28.9 Å². The molecule has 0 bridgehead atoms. The van der Waals surface area contributed by atoms with Gasteiger partial charge in [-0.15, -0.1) is 0 Å². The molecule has 1 aliphatic rings. The first kappa shape index (κ1) is 19.0. The number of fused-ring (bicyclic) bond motifs is 1. The average Bonchev–Trinajstić information content (AvgIpc) is 2.50. The molecular formula is C18H19ClO6. The normalized spacial score (nSPS) is 24.8. The molecule has 7 heteroatoms. The molecule has 2 rings (SSSR count). The third-order valence-corrected chi connectivity index (χ3v) is 4.13. The molecule has 1 aliphatic heterocycles. The number of aliphatic hydroxyl groups is 1. The van der Waals surface area contributed by atoms with Gasteiger partial charge in [-0.3, -0.25) is 4.79 Å². The van der Waals surface area contributed by atoms with Crippen molar-refractivity contribution in [3.8, 4) is 11.5 Å². The molecular weight excluding hydrogens is 348 g/mol. The Morgan fingerprint density at radius 1 is 1.20 bits per heavy atom. The van der Waals surface area contributed by atoms with Crippen LogP contribution in [0.2, 0.25) is 5.02 Å². The number of phenolic OH excluding ortho intramolecular Hbond substituents is 2. The fraction of sp³-hybridized carbons (Fsp3) is 0.333. The SMILES string of the molecule is CC1CC(O)/C=C\C=C\CC(=O)Cc2c(Cl)c(O)cc(O)c2C(=O)O1. The first-order valence-corrected chi connectivity index (χ1v) is 8.14. The van der Waals surface area contributed by atoms with Gasteiger partial charge in [0.05, 0.1) is 11.1 Å². The number of hydrogen-bond acceptors (Lipinski definition) is 6. The fourth-order valence-electron chi connectivity index (χ4n) is 2.53. The molecule has 0 spiro atoms. The Kier molecular flexibility index (Phi) is 6.22. The van der Waals surface area contributed by atoms with Crippen molar-refractivity contribution in [1.29, 1.82) is 0 Å². The van der Waals surface area contributed by atoms with E-state index in [0.717, 1.165) is 6.07 Å². The molecule has 3 N–H and O–H groups in total. The number of benzene rings is 1. The molecule has 134 valence electrons. The van der Waals surface area contributed by atoms with Gasteiger partial charge in [-0.1, -0.05) is 35.9 Å². The fourth-order valence-corrected chi connectivity index (χ4v) is 2.74. The third-order valence-electron chi connectivity index (χ3n) is 3.71. The minimum absolute atomic E-state index is 0.0166. The van der Waals surface area contributed by atoms with Crippen LogP contribution in [0, 0.1) is 0 Å². The van der Waals surface area contributed by atoms with Gasteiger partial charge >= 0.3 is 5.97 Å². The van der Waals surface area contributed by atoms with Crippen molar-refractivity contribution in [2.45, 2.75) is 38.4 Å². The van der Waals surface area contributed by atoms with E-state index in [1.54, 1.807) is 25.2 Å². The summed E-state index contributed by atoms with van der Waals surface area (Å²) in [5.74, 6) is -2.10. The van der Waals surface area contributed by atoms with Crippen LogP contribution in [-0.4, -0.2) is 39.3 Å². The van der Waals surface area contributed by atoms with Crippen LogP contribution in [0.15, 0.2) is 30.4 Å². The Balaban J connectivity index is 2.49. The van der Waals surface area contributed by atoms with E-state index in [-0.39, 0.29) is 41.2 Å². The number of phenols is 2. The second kappa shape index (κ2) is 8.18. The first-order chi connectivity index (χ1) is 11.8. The molecule has 0 radical (unpaired) electrons. The monoisotopic (exact) mass is 366 g/mol. The minimum atomic E-state index is -0.876. The standard InChI is InChI=1S/C18H19ClO6/c1-10-7-11(20)5-3-2-4-6-12(21)8-13-16(18(24)25-10)14(22)9-15(23)17(13)19/h2-5,9-11,20,22-23H,6-8H2,1H3/b4-2+,5-3-. The van der Waals surface area contributed by atoms with Crippen LogP contribution in [0.5, 0.6) is 11.5 Å². The molecule has 0 aliphatic carbocycles. The van der Waals surface area contributed by atoms with Crippen molar-refractivity contribution in [2.75, 3.05) is 0 Å². The lowest BCUT2D eigenvalue weighted by atomic mass is 9.99. The Labute approximate surface area is 150 Å². The second-order valence-electron chi connectivity index (χ2n) is 5.83. The van der Waals surface area contributed by atoms with Crippen LogP contribution in [0.25, 0.3) is 0 Å². The molecule has 0 amide bonds. The number of ether oxygens (including phenoxy) is 1. The Morgan fingerprint density at radius 3 is 2.64 bits per heavy atom. The number of cyclic esters (lactones) is 1. The van der Waals surface area contributed by atoms with Gasteiger partial charge in [0.15, 0.2) is 0 Å². The second-order valence-corrected chi connectivity index (χ2v) is 6.21. The van der Waals surface area contributed by atoms with Crippen LogP contribution in [0.1, 0.15) is 35.7 Å². The van der Waals surface area contributed by atoms with E-state index in [2.05, 4.69) is 0 Å². The van der Waals surface area contributed by atoms with Gasteiger partial charge in [0.2, 0.25) is 0 Å².